The second-order valence-corrected chi connectivity index (χ2v) is 10.7. The van der Waals surface area contributed by atoms with Gasteiger partial charge in [-0.15, -0.1) is 0 Å². The average molecular weight is 546 g/mol. The number of nitrogens with one attached hydrogen (secondary N) is 1. The molecule has 3 heterocycles. The van der Waals surface area contributed by atoms with Crippen LogP contribution in [0, 0.1) is 12.7 Å². The van der Waals surface area contributed by atoms with Crippen LogP contribution < -0.4 is 37.0 Å². The van der Waals surface area contributed by atoms with Crippen LogP contribution in [-0.2, 0) is 11.8 Å². The quantitative estimate of drug-likeness (QED) is 0.159. The van der Waals surface area contributed by atoms with Crippen LogP contribution >= 0.6 is 0 Å². The first-order valence-corrected chi connectivity index (χ1v) is 13.7. The van der Waals surface area contributed by atoms with Crippen LogP contribution in [0.5, 0.6) is 0 Å². The molecule has 0 atom stereocenters. The molecule has 0 radical (unpaired) electrons. The van der Waals surface area contributed by atoms with Gasteiger partial charge in [-0.25, -0.2) is 14.4 Å². The van der Waals surface area contributed by atoms with E-state index in [1.54, 1.807) is 4.57 Å². The topological polar surface area (TPSA) is 83.4 Å². The summed E-state index contributed by atoms with van der Waals surface area (Å²) in [6.07, 6.45) is 2.38. The Morgan fingerprint density at radius 2 is 1.44 bits per heavy atom. The van der Waals surface area contributed by atoms with Crippen LogP contribution in [0.25, 0.3) is 11.1 Å². The summed E-state index contributed by atoms with van der Waals surface area (Å²) < 4.78 is 15.0. The normalized spacial score (nSPS) is 13.3. The summed E-state index contributed by atoms with van der Waals surface area (Å²) in [5, 5.41) is 2.96. The van der Waals surface area contributed by atoms with E-state index in [0.29, 0.717) is 30.4 Å². The van der Waals surface area contributed by atoms with Gasteiger partial charge in [0.2, 0.25) is 5.95 Å². The van der Waals surface area contributed by atoms with Crippen LogP contribution in [0.15, 0.2) is 48.8 Å². The molecule has 2 aromatic heterocycles. The molecule has 1 N–H and O–H groups in total. The summed E-state index contributed by atoms with van der Waals surface area (Å²) in [7, 11) is 9.88. The lowest BCUT2D eigenvalue weighted by Crippen LogP contribution is -2.54. The Hall–Kier alpha value is -4.27. The first-order chi connectivity index (χ1) is 19.6. The van der Waals surface area contributed by atoms with Gasteiger partial charge in [0, 0.05) is 55.9 Å². The van der Waals surface area contributed by atoms with E-state index in [2.05, 4.69) is 40.8 Å². The number of piperazine rings is 1. The van der Waals surface area contributed by atoms with E-state index in [1.807, 2.05) is 66.1 Å². The molecule has 0 spiro atoms. The van der Waals surface area contributed by atoms with Crippen LogP contribution in [0.2, 0.25) is 0 Å². The molecule has 41 heavy (non-hydrogen) atoms. The van der Waals surface area contributed by atoms with Gasteiger partial charge in [-0.2, -0.15) is 0 Å². The number of ketones is 1. The van der Waals surface area contributed by atoms with Gasteiger partial charge in [0.15, 0.2) is 5.82 Å². The molecular formula is C28H31B4FN6O2. The maximum atomic E-state index is 13.6. The van der Waals surface area contributed by atoms with Gasteiger partial charge in [-0.1, -0.05) is 52.2 Å². The first kappa shape index (κ1) is 28.3. The molecule has 0 unspecified atom stereocenters. The van der Waals surface area contributed by atoms with E-state index in [4.69, 9.17) is 0 Å². The number of Topliss-reactive ketones (excluding diaryl/α,β-unsaturated/α-hetero) is 1. The average Bonchev–Trinajstić information content (AvgIpc) is 3.28. The van der Waals surface area contributed by atoms with Crippen molar-refractivity contribution in [2.24, 2.45) is 7.05 Å². The van der Waals surface area contributed by atoms with E-state index in [-0.39, 0.29) is 0 Å². The minimum Gasteiger partial charge on any atom is -0.369 e. The summed E-state index contributed by atoms with van der Waals surface area (Å²) in [5.41, 5.74) is 8.68. The molecule has 5 rings (SSSR count). The summed E-state index contributed by atoms with van der Waals surface area (Å²) in [4.78, 5) is 39.6. The third-order valence-electron chi connectivity index (χ3n) is 8.29. The largest absolute Gasteiger partial charge is 0.369 e. The number of anilines is 3. The minimum absolute atomic E-state index is 0.370. The maximum Gasteiger partial charge on any atom is 0.298 e. The summed E-state index contributed by atoms with van der Waals surface area (Å²) in [5.74, 6) is -1.15. The van der Waals surface area contributed by atoms with Gasteiger partial charge in [0.05, 0.1) is 12.4 Å². The van der Waals surface area contributed by atoms with Gasteiger partial charge >= 0.3 is 0 Å². The van der Waals surface area contributed by atoms with E-state index >= 15 is 0 Å². The van der Waals surface area contributed by atoms with Crippen molar-refractivity contribution in [2.75, 3.05) is 41.3 Å². The molecule has 2 aromatic carbocycles. The van der Waals surface area contributed by atoms with Crippen molar-refractivity contribution >= 4 is 82.2 Å². The number of rotatable bonds is 6. The Balaban J connectivity index is 1.38. The Labute approximate surface area is 243 Å². The van der Waals surface area contributed by atoms with E-state index in [1.165, 1.54) is 12.4 Å². The first-order valence-electron chi connectivity index (χ1n) is 13.7. The Morgan fingerprint density at radius 3 is 2.02 bits per heavy atom. The standard InChI is InChI=1S/C28H31B4FN6O2/c1-15-12-18(16-6-4-3-5-7-16)24(37(15)2)26(40)27(41)36-23-19(29)21(31)25(22(32)20(23)30)38-8-10-39(11-9-38)28-34-13-17(33)14-35-28/h3-7,12-14H,8-11,29-32H2,1-2H3,(H,36,41). The number of carbonyl (C=O) groups is 2. The van der Waals surface area contributed by atoms with Crippen molar-refractivity contribution in [1.82, 2.24) is 14.5 Å². The fourth-order valence-electron chi connectivity index (χ4n) is 5.67. The number of hydrogen-bond acceptors (Lipinski definition) is 6. The minimum atomic E-state index is -0.658. The third kappa shape index (κ3) is 5.28. The fourth-order valence-corrected chi connectivity index (χ4v) is 5.67. The highest BCUT2D eigenvalue weighted by atomic mass is 19.1. The lowest BCUT2D eigenvalue weighted by molar-refractivity contribution is -0.112. The van der Waals surface area contributed by atoms with Crippen LogP contribution in [0.4, 0.5) is 21.7 Å². The number of aryl methyl sites for hydroxylation is 1. The summed E-state index contributed by atoms with van der Waals surface area (Å²) in [6, 6.07) is 11.6. The van der Waals surface area contributed by atoms with Gasteiger partial charge in [0.25, 0.3) is 11.7 Å². The smallest absolute Gasteiger partial charge is 0.298 e. The van der Waals surface area contributed by atoms with Gasteiger partial charge < -0.3 is 19.7 Å². The molecule has 204 valence electrons. The van der Waals surface area contributed by atoms with Crippen molar-refractivity contribution in [2.45, 2.75) is 6.92 Å². The van der Waals surface area contributed by atoms with Crippen LogP contribution in [0.1, 0.15) is 16.2 Å². The zero-order valence-electron chi connectivity index (χ0n) is 24.4. The zero-order valence-corrected chi connectivity index (χ0v) is 24.4. The highest BCUT2D eigenvalue weighted by Crippen LogP contribution is 2.27. The maximum absolute atomic E-state index is 13.6. The van der Waals surface area contributed by atoms with E-state index in [9.17, 15) is 14.0 Å². The molecular weight excluding hydrogens is 515 g/mol. The predicted octanol–water partition coefficient (Wildman–Crippen LogP) is -2.89. The number of nitrogens with zero attached hydrogens (tertiary/aromatic N) is 5. The molecule has 8 nitrogen and oxygen atoms in total. The summed E-state index contributed by atoms with van der Waals surface area (Å²) in [6.45, 7) is 4.83. The van der Waals surface area contributed by atoms with Gasteiger partial charge in [-0.3, -0.25) is 9.59 Å². The van der Waals surface area contributed by atoms with Crippen LogP contribution in [-0.4, -0.2) is 83.8 Å². The second-order valence-electron chi connectivity index (χ2n) is 10.7. The molecule has 4 aromatic rings. The molecule has 1 aliphatic rings. The van der Waals surface area contributed by atoms with Gasteiger partial charge in [0.1, 0.15) is 37.1 Å². The lowest BCUT2D eigenvalue weighted by Gasteiger charge is -2.39. The fraction of sp³-hybridized carbons (Fsp3) is 0.214. The van der Waals surface area contributed by atoms with E-state index in [0.717, 1.165) is 57.4 Å². The molecule has 0 saturated carbocycles. The monoisotopic (exact) mass is 546 g/mol. The molecule has 0 aliphatic carbocycles. The van der Waals surface area contributed by atoms with Crippen LogP contribution in [0.3, 0.4) is 0 Å². The molecule has 1 amide bonds. The molecule has 1 fully saturated rings. The molecule has 13 heteroatoms. The Kier molecular flexibility index (Phi) is 7.80. The van der Waals surface area contributed by atoms with E-state index < -0.39 is 17.5 Å². The predicted molar refractivity (Wildman–Crippen MR) is 174 cm³/mol. The zero-order chi connectivity index (χ0) is 29.4. The highest BCUT2D eigenvalue weighted by Gasteiger charge is 2.28. The molecule has 1 saturated heterocycles. The lowest BCUT2D eigenvalue weighted by atomic mass is 9.67. The highest BCUT2D eigenvalue weighted by molar-refractivity contribution is 6.63. The van der Waals surface area contributed by atoms with Crippen molar-refractivity contribution < 1.29 is 14.0 Å². The Morgan fingerprint density at radius 1 is 0.878 bits per heavy atom. The number of halogens is 1. The van der Waals surface area contributed by atoms with Crippen molar-refractivity contribution in [3.63, 3.8) is 0 Å². The molecule has 1 aliphatic heterocycles. The number of amides is 1. The van der Waals surface area contributed by atoms with Crippen molar-refractivity contribution in [3.05, 3.63) is 66.0 Å². The summed E-state index contributed by atoms with van der Waals surface area (Å²) >= 11 is 0. The number of carbonyl (C=O) groups excluding carboxylic acids is 2. The number of aromatic nitrogens is 3. The number of benzene rings is 2. The molecule has 0 bridgehead atoms. The Bertz CT molecular complexity index is 1610. The third-order valence-corrected chi connectivity index (χ3v) is 8.29. The second kappa shape index (κ2) is 11.3. The number of hydrogen-bond donors (Lipinski definition) is 1. The van der Waals surface area contributed by atoms with Gasteiger partial charge in [-0.05, 0) is 18.6 Å². The SMILES string of the molecule is Bc1c(B)c(N2CCN(c3ncc(F)cn3)CC2)c(B)c(B)c1NC(=O)C(=O)c1c(-c2ccccc2)cc(C)n1C. The van der Waals surface area contributed by atoms with Crippen molar-refractivity contribution in [1.29, 1.82) is 0 Å². The van der Waals surface area contributed by atoms with Crippen molar-refractivity contribution in [3.8, 4) is 11.1 Å².